The molecule has 0 heterocycles. The first-order valence-electron chi connectivity index (χ1n) is 13.3. The van der Waals surface area contributed by atoms with Gasteiger partial charge >= 0.3 is 0 Å². The Hall–Kier alpha value is -3.02. The van der Waals surface area contributed by atoms with Crippen LogP contribution in [0.15, 0.2) is 72.8 Å². The molecule has 0 bridgehead atoms. The van der Waals surface area contributed by atoms with Gasteiger partial charge in [-0.1, -0.05) is 99.4 Å². The lowest BCUT2D eigenvalue weighted by Gasteiger charge is -2.32. The number of nitrogens with one attached hydrogen (secondary N) is 1. The van der Waals surface area contributed by atoms with Crippen molar-refractivity contribution in [3.8, 4) is 5.75 Å². The van der Waals surface area contributed by atoms with E-state index in [4.69, 9.17) is 27.9 Å². The van der Waals surface area contributed by atoms with E-state index in [1.54, 1.807) is 23.1 Å². The fourth-order valence-corrected chi connectivity index (χ4v) is 4.58. The predicted molar refractivity (Wildman–Crippen MR) is 159 cm³/mol. The van der Waals surface area contributed by atoms with E-state index in [1.165, 1.54) is 5.56 Å². The lowest BCUT2D eigenvalue weighted by molar-refractivity contribution is -0.143. The van der Waals surface area contributed by atoms with Crippen LogP contribution in [0.4, 0.5) is 0 Å². The number of amides is 2. The first-order chi connectivity index (χ1) is 18.5. The summed E-state index contributed by atoms with van der Waals surface area (Å²) in [5, 5.41) is 3.99. The van der Waals surface area contributed by atoms with Gasteiger partial charge < -0.3 is 15.0 Å². The zero-order chi connectivity index (χ0) is 28.6. The van der Waals surface area contributed by atoms with E-state index in [0.29, 0.717) is 27.8 Å². The van der Waals surface area contributed by atoms with Crippen molar-refractivity contribution in [3.63, 3.8) is 0 Å². The predicted octanol–water partition coefficient (Wildman–Crippen LogP) is 7.22. The molecule has 0 fully saturated rings. The summed E-state index contributed by atoms with van der Waals surface area (Å²) in [4.78, 5) is 28.9. The molecule has 0 radical (unpaired) electrons. The topological polar surface area (TPSA) is 58.6 Å². The molecular formula is C32H38Cl2N2O3. The molecule has 0 saturated heterocycles. The van der Waals surface area contributed by atoms with Gasteiger partial charge in [0, 0.05) is 29.1 Å². The highest BCUT2D eigenvalue weighted by molar-refractivity contribution is 6.35. The van der Waals surface area contributed by atoms with Gasteiger partial charge in [-0.15, -0.1) is 0 Å². The Morgan fingerprint density at radius 3 is 2.23 bits per heavy atom. The van der Waals surface area contributed by atoms with Gasteiger partial charge in [-0.25, -0.2) is 0 Å². The van der Waals surface area contributed by atoms with Gasteiger partial charge in [0.05, 0.1) is 0 Å². The Balaban J connectivity index is 1.92. The maximum absolute atomic E-state index is 13.8. The first kappa shape index (κ1) is 30.5. The van der Waals surface area contributed by atoms with Crippen molar-refractivity contribution in [2.24, 2.45) is 0 Å². The summed E-state index contributed by atoms with van der Waals surface area (Å²) in [5.41, 5.74) is 2.82. The third kappa shape index (κ3) is 9.01. The summed E-state index contributed by atoms with van der Waals surface area (Å²) in [6, 6.07) is 21.8. The fraction of sp³-hybridized carbons (Fsp3) is 0.375. The summed E-state index contributed by atoms with van der Waals surface area (Å²) in [6.45, 7) is 10.3. The van der Waals surface area contributed by atoms with Gasteiger partial charge in [-0.2, -0.15) is 0 Å². The molecule has 0 spiro atoms. The van der Waals surface area contributed by atoms with E-state index in [-0.39, 0.29) is 36.4 Å². The van der Waals surface area contributed by atoms with Crippen molar-refractivity contribution in [3.05, 3.63) is 99.5 Å². The van der Waals surface area contributed by atoms with Gasteiger partial charge in [0.25, 0.3) is 5.91 Å². The zero-order valence-corrected chi connectivity index (χ0v) is 24.9. The molecule has 1 N–H and O–H groups in total. The number of carbonyl (C=O) groups excluding carboxylic acids is 2. The lowest BCUT2D eigenvalue weighted by atomic mass is 9.87. The molecular weight excluding hydrogens is 531 g/mol. The molecule has 3 aromatic rings. The molecule has 2 atom stereocenters. The van der Waals surface area contributed by atoms with Gasteiger partial charge in [0.2, 0.25) is 5.91 Å². The summed E-state index contributed by atoms with van der Waals surface area (Å²) in [5.74, 6) is 0.0480. The number of nitrogens with zero attached hydrogens (tertiary/aromatic N) is 1. The van der Waals surface area contributed by atoms with Crippen LogP contribution < -0.4 is 10.1 Å². The van der Waals surface area contributed by atoms with Crippen LogP contribution in [0.1, 0.15) is 57.7 Å². The fourth-order valence-electron chi connectivity index (χ4n) is 4.11. The lowest BCUT2D eigenvalue weighted by Crippen LogP contribution is -2.53. The highest BCUT2D eigenvalue weighted by Crippen LogP contribution is 2.26. The number of carbonyl (C=O) groups is 2. The average Bonchev–Trinajstić information content (AvgIpc) is 2.90. The summed E-state index contributed by atoms with van der Waals surface area (Å²) in [7, 11) is 0. The van der Waals surface area contributed by atoms with E-state index >= 15 is 0 Å². The van der Waals surface area contributed by atoms with Crippen LogP contribution in [0.2, 0.25) is 10.0 Å². The van der Waals surface area contributed by atoms with E-state index in [9.17, 15) is 9.59 Å². The quantitative estimate of drug-likeness (QED) is 0.265. The Bertz CT molecular complexity index is 1240. The molecule has 3 rings (SSSR count). The summed E-state index contributed by atoms with van der Waals surface area (Å²) in [6.07, 6.45) is 1.12. The van der Waals surface area contributed by atoms with Crippen LogP contribution in [0.25, 0.3) is 0 Å². The monoisotopic (exact) mass is 568 g/mol. The third-order valence-corrected chi connectivity index (χ3v) is 7.30. The van der Waals surface area contributed by atoms with Crippen LogP contribution in [0, 0.1) is 0 Å². The van der Waals surface area contributed by atoms with Gasteiger partial charge in [-0.05, 0) is 59.7 Å². The molecule has 208 valence electrons. The Labute approximate surface area is 242 Å². The molecule has 0 unspecified atom stereocenters. The van der Waals surface area contributed by atoms with Crippen LogP contribution in [0.5, 0.6) is 5.75 Å². The molecule has 0 saturated carbocycles. The zero-order valence-electron chi connectivity index (χ0n) is 23.3. The smallest absolute Gasteiger partial charge is 0.261 e. The molecule has 0 aliphatic rings. The standard InChI is InChI=1S/C32H38Cl2N2O3/c1-6-22(2)35-31(38)29(18-23-10-8-7-9-11-23)36(20-24-12-15-26(33)19-28(24)34)30(37)21-39-27-16-13-25(14-17-27)32(3,4)5/h7-17,19,22,29H,6,18,20-21H2,1-5H3,(H,35,38)/t22-,29-/m1/s1. The molecule has 39 heavy (non-hydrogen) atoms. The van der Waals surface area contributed by atoms with Crippen molar-refractivity contribution in [1.82, 2.24) is 10.2 Å². The molecule has 3 aromatic carbocycles. The molecule has 2 amide bonds. The van der Waals surface area contributed by atoms with Crippen LogP contribution >= 0.6 is 23.2 Å². The van der Waals surface area contributed by atoms with Gasteiger partial charge in [0.1, 0.15) is 11.8 Å². The maximum atomic E-state index is 13.8. The number of ether oxygens (including phenoxy) is 1. The van der Waals surface area contributed by atoms with Crippen molar-refractivity contribution in [2.45, 2.75) is 71.5 Å². The number of halogens is 2. The Morgan fingerprint density at radius 2 is 1.64 bits per heavy atom. The highest BCUT2D eigenvalue weighted by Gasteiger charge is 2.31. The van der Waals surface area contributed by atoms with Crippen molar-refractivity contribution in [1.29, 1.82) is 0 Å². The average molecular weight is 570 g/mol. The Kier molecular flexibility index (Phi) is 10.8. The maximum Gasteiger partial charge on any atom is 0.261 e. The number of benzene rings is 3. The van der Waals surface area contributed by atoms with E-state index < -0.39 is 6.04 Å². The minimum Gasteiger partial charge on any atom is -0.484 e. The normalized spacial score (nSPS) is 12.9. The molecule has 0 aliphatic heterocycles. The van der Waals surface area contributed by atoms with Gasteiger partial charge in [-0.3, -0.25) is 9.59 Å². The highest BCUT2D eigenvalue weighted by atomic mass is 35.5. The summed E-state index contributed by atoms with van der Waals surface area (Å²) < 4.78 is 5.91. The summed E-state index contributed by atoms with van der Waals surface area (Å²) >= 11 is 12.6. The molecule has 5 nitrogen and oxygen atoms in total. The minimum absolute atomic E-state index is 0.0106. The first-order valence-corrected chi connectivity index (χ1v) is 14.0. The van der Waals surface area contributed by atoms with E-state index in [1.807, 2.05) is 68.4 Å². The van der Waals surface area contributed by atoms with Crippen LogP contribution in [0.3, 0.4) is 0 Å². The van der Waals surface area contributed by atoms with Crippen molar-refractivity contribution < 1.29 is 14.3 Å². The second kappa shape index (κ2) is 13.9. The van der Waals surface area contributed by atoms with E-state index in [2.05, 4.69) is 26.1 Å². The second-order valence-corrected chi connectivity index (χ2v) is 11.7. The largest absolute Gasteiger partial charge is 0.484 e. The second-order valence-electron chi connectivity index (χ2n) is 10.8. The van der Waals surface area contributed by atoms with Crippen LogP contribution in [-0.4, -0.2) is 35.4 Å². The van der Waals surface area contributed by atoms with Crippen LogP contribution in [-0.2, 0) is 28.0 Å². The number of rotatable bonds is 11. The molecule has 7 heteroatoms. The Morgan fingerprint density at radius 1 is 0.974 bits per heavy atom. The SMILES string of the molecule is CC[C@@H](C)NC(=O)[C@@H](Cc1ccccc1)N(Cc1ccc(Cl)cc1Cl)C(=O)COc1ccc(C(C)(C)C)cc1. The minimum atomic E-state index is -0.771. The van der Waals surface area contributed by atoms with Crippen molar-refractivity contribution in [2.75, 3.05) is 6.61 Å². The third-order valence-electron chi connectivity index (χ3n) is 6.71. The van der Waals surface area contributed by atoms with E-state index in [0.717, 1.165) is 12.0 Å². The molecule has 0 aromatic heterocycles. The number of hydrogen-bond donors (Lipinski definition) is 1. The van der Waals surface area contributed by atoms with Crippen molar-refractivity contribution >= 4 is 35.0 Å². The number of hydrogen-bond acceptors (Lipinski definition) is 3. The van der Waals surface area contributed by atoms with Gasteiger partial charge in [0.15, 0.2) is 6.61 Å². The molecule has 0 aliphatic carbocycles.